The van der Waals surface area contributed by atoms with E-state index in [1.165, 1.54) is 21.3 Å². The number of carbonyl (C=O) groups is 1. The largest absolute Gasteiger partial charge is 0.493 e. The monoisotopic (exact) mass is 397 g/mol. The molecule has 0 saturated heterocycles. The van der Waals surface area contributed by atoms with Crippen LogP contribution in [0.25, 0.3) is 0 Å². The van der Waals surface area contributed by atoms with Crippen LogP contribution >= 0.6 is 0 Å². The fourth-order valence-corrected chi connectivity index (χ4v) is 3.04. The molecule has 1 atom stereocenters. The van der Waals surface area contributed by atoms with Crippen molar-refractivity contribution in [2.45, 2.75) is 19.3 Å². The molecule has 0 spiro atoms. The second kappa shape index (κ2) is 9.09. The van der Waals surface area contributed by atoms with Crippen molar-refractivity contribution in [1.82, 2.24) is 10.2 Å². The average molecular weight is 397 g/mol. The number of nitrogens with zero attached hydrogens (tertiary/aromatic N) is 2. The Hall–Kier alpha value is -3.55. The second-order valence-electron chi connectivity index (χ2n) is 6.29. The Balaban J connectivity index is 1.84. The topological polar surface area (TPSA) is 95.7 Å². The minimum absolute atomic E-state index is 0.127. The fraction of sp³-hybridized carbons (Fsp3) is 0.286. The lowest BCUT2D eigenvalue weighted by molar-refractivity contribution is -0.116. The van der Waals surface area contributed by atoms with Gasteiger partial charge in [0.2, 0.25) is 23.4 Å². The molecule has 0 aliphatic heterocycles. The Morgan fingerprint density at radius 2 is 1.69 bits per heavy atom. The van der Waals surface area contributed by atoms with Gasteiger partial charge >= 0.3 is 0 Å². The third kappa shape index (κ3) is 4.66. The van der Waals surface area contributed by atoms with Gasteiger partial charge in [-0.1, -0.05) is 30.3 Å². The number of rotatable bonds is 8. The van der Waals surface area contributed by atoms with Gasteiger partial charge in [-0.05, 0) is 5.56 Å². The van der Waals surface area contributed by atoms with Crippen molar-refractivity contribution in [3.8, 4) is 17.2 Å². The molecule has 2 aromatic carbocycles. The zero-order chi connectivity index (χ0) is 20.8. The van der Waals surface area contributed by atoms with Gasteiger partial charge in [-0.25, -0.2) is 0 Å². The van der Waals surface area contributed by atoms with Gasteiger partial charge in [-0.2, -0.15) is 0 Å². The lowest BCUT2D eigenvalue weighted by Gasteiger charge is -2.16. The van der Waals surface area contributed by atoms with E-state index in [-0.39, 0.29) is 18.2 Å². The van der Waals surface area contributed by atoms with E-state index in [1.807, 2.05) is 30.3 Å². The Bertz CT molecular complexity index is 946. The first-order valence-corrected chi connectivity index (χ1v) is 9.00. The number of anilines is 1. The molecule has 3 aromatic rings. The molecule has 1 unspecified atom stereocenters. The zero-order valence-electron chi connectivity index (χ0n) is 16.8. The third-order valence-electron chi connectivity index (χ3n) is 4.38. The molecule has 0 radical (unpaired) electrons. The number of nitrogens with one attached hydrogen (secondary N) is 1. The van der Waals surface area contributed by atoms with Crippen LogP contribution in [0.2, 0.25) is 0 Å². The van der Waals surface area contributed by atoms with Crippen LogP contribution in [0.1, 0.15) is 29.7 Å². The summed E-state index contributed by atoms with van der Waals surface area (Å²) in [5, 5.41) is 10.9. The summed E-state index contributed by atoms with van der Waals surface area (Å²) in [6.07, 6.45) is 0.127. The van der Waals surface area contributed by atoms with E-state index in [9.17, 15) is 4.79 Å². The van der Waals surface area contributed by atoms with Crippen LogP contribution < -0.4 is 19.5 Å². The number of benzene rings is 2. The number of methoxy groups -OCH3 is 3. The Morgan fingerprint density at radius 3 is 2.21 bits per heavy atom. The van der Waals surface area contributed by atoms with Crippen molar-refractivity contribution < 1.29 is 23.4 Å². The summed E-state index contributed by atoms with van der Waals surface area (Å²) in [5.74, 6) is 1.63. The van der Waals surface area contributed by atoms with E-state index in [0.717, 1.165) is 5.56 Å². The van der Waals surface area contributed by atoms with Crippen molar-refractivity contribution in [1.29, 1.82) is 0 Å². The number of hydrogen-bond donors (Lipinski definition) is 1. The first-order chi connectivity index (χ1) is 14.0. The van der Waals surface area contributed by atoms with E-state index in [1.54, 1.807) is 19.1 Å². The van der Waals surface area contributed by atoms with Gasteiger partial charge < -0.3 is 23.9 Å². The summed E-state index contributed by atoms with van der Waals surface area (Å²) >= 11 is 0. The maximum Gasteiger partial charge on any atom is 0.225 e. The molecule has 3 rings (SSSR count). The average Bonchev–Trinajstić information content (AvgIpc) is 3.17. The van der Waals surface area contributed by atoms with E-state index in [2.05, 4.69) is 15.5 Å². The summed E-state index contributed by atoms with van der Waals surface area (Å²) in [5.41, 5.74) is 1.44. The van der Waals surface area contributed by atoms with Gasteiger partial charge in [0.1, 0.15) is 0 Å². The molecule has 152 valence electrons. The molecule has 29 heavy (non-hydrogen) atoms. The highest BCUT2D eigenvalue weighted by Gasteiger charge is 2.24. The molecule has 1 N–H and O–H groups in total. The molecule has 0 fully saturated rings. The first-order valence-electron chi connectivity index (χ1n) is 9.00. The normalized spacial score (nSPS) is 11.6. The highest BCUT2D eigenvalue weighted by atomic mass is 16.5. The van der Waals surface area contributed by atoms with Crippen molar-refractivity contribution in [3.63, 3.8) is 0 Å². The summed E-state index contributed by atoms with van der Waals surface area (Å²) in [7, 11) is 4.56. The molecular weight excluding hydrogens is 374 g/mol. The van der Waals surface area contributed by atoms with Gasteiger partial charge in [0.25, 0.3) is 0 Å². The van der Waals surface area contributed by atoms with Crippen LogP contribution in [0.15, 0.2) is 46.9 Å². The summed E-state index contributed by atoms with van der Waals surface area (Å²) in [4.78, 5) is 12.8. The number of aromatic nitrogens is 2. The maximum absolute atomic E-state index is 12.8. The lowest BCUT2D eigenvalue weighted by Crippen LogP contribution is -2.17. The maximum atomic E-state index is 12.8. The highest BCUT2D eigenvalue weighted by molar-refractivity contribution is 5.92. The minimum Gasteiger partial charge on any atom is -0.493 e. The minimum atomic E-state index is -0.362. The highest BCUT2D eigenvalue weighted by Crippen LogP contribution is 2.40. The van der Waals surface area contributed by atoms with Gasteiger partial charge in [0, 0.05) is 31.2 Å². The molecule has 0 saturated carbocycles. The van der Waals surface area contributed by atoms with Crippen LogP contribution in [0.4, 0.5) is 5.69 Å². The van der Waals surface area contributed by atoms with Crippen LogP contribution in [-0.2, 0) is 4.79 Å². The van der Waals surface area contributed by atoms with Gasteiger partial charge in [-0.3, -0.25) is 4.79 Å². The molecule has 1 heterocycles. The Morgan fingerprint density at radius 1 is 1.03 bits per heavy atom. The zero-order valence-corrected chi connectivity index (χ0v) is 16.8. The fourth-order valence-electron chi connectivity index (χ4n) is 3.04. The van der Waals surface area contributed by atoms with Crippen LogP contribution in [0.5, 0.6) is 17.2 Å². The van der Waals surface area contributed by atoms with Gasteiger partial charge in [0.05, 0.1) is 27.2 Å². The molecular formula is C21H23N3O5. The SMILES string of the molecule is COc1cc(NC(=O)CC(c2ccccc2)c2nnc(C)o2)cc(OC)c1OC. The number of aryl methyl sites for hydroxylation is 1. The second-order valence-corrected chi connectivity index (χ2v) is 6.29. The van der Waals surface area contributed by atoms with Crippen LogP contribution in [-0.4, -0.2) is 37.4 Å². The number of carbonyl (C=O) groups excluding carboxylic acids is 1. The predicted octanol–water partition coefficient (Wildman–Crippen LogP) is 3.56. The summed E-state index contributed by atoms with van der Waals surface area (Å²) in [6, 6.07) is 12.9. The van der Waals surface area contributed by atoms with Crippen molar-refractivity contribution >= 4 is 11.6 Å². The Kier molecular flexibility index (Phi) is 6.33. The molecule has 1 amide bonds. The molecule has 8 nitrogen and oxygen atoms in total. The van der Waals surface area contributed by atoms with E-state index < -0.39 is 0 Å². The van der Waals surface area contributed by atoms with Crippen molar-refractivity contribution in [2.75, 3.05) is 26.6 Å². The molecule has 0 aliphatic rings. The predicted molar refractivity (Wildman–Crippen MR) is 107 cm³/mol. The smallest absolute Gasteiger partial charge is 0.225 e. The number of amides is 1. The first kappa shape index (κ1) is 20.2. The summed E-state index contributed by atoms with van der Waals surface area (Å²) in [6.45, 7) is 1.72. The van der Waals surface area contributed by atoms with E-state index in [0.29, 0.717) is 34.7 Å². The molecule has 0 aliphatic carbocycles. The van der Waals surface area contributed by atoms with E-state index >= 15 is 0 Å². The standard InChI is InChI=1S/C21H23N3O5/c1-13-23-24-21(29-13)16(14-8-6-5-7-9-14)12-19(25)22-15-10-17(26-2)20(28-4)18(11-15)27-3/h5-11,16H,12H2,1-4H3,(H,22,25). The Labute approximate surface area is 168 Å². The van der Waals surface area contributed by atoms with Crippen LogP contribution in [0.3, 0.4) is 0 Å². The molecule has 1 aromatic heterocycles. The lowest BCUT2D eigenvalue weighted by atomic mass is 9.95. The number of ether oxygens (including phenoxy) is 3. The van der Waals surface area contributed by atoms with Gasteiger partial charge in [-0.15, -0.1) is 10.2 Å². The van der Waals surface area contributed by atoms with Crippen molar-refractivity contribution in [3.05, 3.63) is 59.8 Å². The van der Waals surface area contributed by atoms with E-state index in [4.69, 9.17) is 18.6 Å². The summed E-state index contributed by atoms with van der Waals surface area (Å²) < 4.78 is 21.6. The number of hydrogen-bond acceptors (Lipinski definition) is 7. The molecule has 8 heteroatoms. The van der Waals surface area contributed by atoms with Crippen LogP contribution in [0, 0.1) is 6.92 Å². The quantitative estimate of drug-likeness (QED) is 0.621. The van der Waals surface area contributed by atoms with Crippen molar-refractivity contribution in [2.24, 2.45) is 0 Å². The van der Waals surface area contributed by atoms with Gasteiger partial charge in [0.15, 0.2) is 11.5 Å². The third-order valence-corrected chi connectivity index (χ3v) is 4.38. The molecule has 0 bridgehead atoms.